The zero-order chi connectivity index (χ0) is 11.5. The second-order valence-electron chi connectivity index (χ2n) is 4.97. The zero-order valence-electron chi connectivity index (χ0n) is 9.60. The summed E-state index contributed by atoms with van der Waals surface area (Å²) >= 11 is 3.39. The summed E-state index contributed by atoms with van der Waals surface area (Å²) in [5.41, 5.74) is 8.04. The molecule has 15 heavy (non-hydrogen) atoms. The molecule has 0 radical (unpaired) electrons. The fourth-order valence-corrected chi connectivity index (χ4v) is 1.65. The van der Waals surface area contributed by atoms with E-state index in [1.54, 1.807) is 0 Å². The van der Waals surface area contributed by atoms with Gasteiger partial charge in [0, 0.05) is 11.0 Å². The maximum Gasteiger partial charge on any atom is 0.0574 e. The summed E-state index contributed by atoms with van der Waals surface area (Å²) < 4.78 is 1.02. The van der Waals surface area contributed by atoms with Crippen molar-refractivity contribution in [2.75, 3.05) is 17.6 Å². The third kappa shape index (κ3) is 4.56. The molecule has 3 heteroatoms. The van der Waals surface area contributed by atoms with Gasteiger partial charge < -0.3 is 11.1 Å². The van der Waals surface area contributed by atoms with Gasteiger partial charge in [0.2, 0.25) is 0 Å². The highest BCUT2D eigenvalue weighted by Crippen LogP contribution is 2.24. The van der Waals surface area contributed by atoms with Crippen LogP contribution in [0, 0.1) is 5.41 Å². The number of benzene rings is 1. The second kappa shape index (κ2) is 4.88. The third-order valence-corrected chi connectivity index (χ3v) is 2.70. The van der Waals surface area contributed by atoms with E-state index < -0.39 is 0 Å². The summed E-state index contributed by atoms with van der Waals surface area (Å²) in [6.45, 7) is 7.66. The number of nitrogens with two attached hydrogens (primary N) is 1. The molecule has 1 aromatic carbocycles. The Morgan fingerprint density at radius 1 is 1.33 bits per heavy atom. The minimum Gasteiger partial charge on any atom is -0.397 e. The van der Waals surface area contributed by atoms with Crippen molar-refractivity contribution in [2.24, 2.45) is 5.41 Å². The predicted octanol–water partition coefficient (Wildman–Crippen LogP) is 3.88. The Kier molecular flexibility index (Phi) is 4.03. The van der Waals surface area contributed by atoms with E-state index in [0.717, 1.165) is 28.8 Å². The van der Waals surface area contributed by atoms with Gasteiger partial charge in [0.1, 0.15) is 0 Å². The molecule has 2 nitrogen and oxygen atoms in total. The highest BCUT2D eigenvalue weighted by molar-refractivity contribution is 9.10. The van der Waals surface area contributed by atoms with E-state index in [2.05, 4.69) is 42.0 Å². The molecule has 84 valence electrons. The number of hydrogen-bond donors (Lipinski definition) is 2. The van der Waals surface area contributed by atoms with Crippen molar-refractivity contribution in [3.8, 4) is 0 Å². The van der Waals surface area contributed by atoms with Gasteiger partial charge in [-0.25, -0.2) is 0 Å². The van der Waals surface area contributed by atoms with Crippen LogP contribution in [0.5, 0.6) is 0 Å². The maximum atomic E-state index is 5.88. The Bertz CT molecular complexity index is 329. The molecule has 0 atom stereocenters. The molecule has 0 aliphatic heterocycles. The van der Waals surface area contributed by atoms with Gasteiger partial charge >= 0.3 is 0 Å². The first-order valence-corrected chi connectivity index (χ1v) is 5.97. The van der Waals surface area contributed by atoms with Crippen molar-refractivity contribution in [3.05, 3.63) is 22.7 Å². The lowest BCUT2D eigenvalue weighted by atomic mass is 9.92. The van der Waals surface area contributed by atoms with E-state index in [4.69, 9.17) is 5.73 Å². The molecule has 0 fully saturated rings. The van der Waals surface area contributed by atoms with E-state index >= 15 is 0 Å². The van der Waals surface area contributed by atoms with Gasteiger partial charge in [-0.3, -0.25) is 0 Å². The van der Waals surface area contributed by atoms with E-state index in [-0.39, 0.29) is 0 Å². The normalized spacial score (nSPS) is 11.5. The number of nitrogens with one attached hydrogen (secondary N) is 1. The van der Waals surface area contributed by atoms with Crippen molar-refractivity contribution in [3.63, 3.8) is 0 Å². The number of nitrogen functional groups attached to an aromatic ring is 1. The molecule has 1 rings (SSSR count). The average molecular weight is 271 g/mol. The number of anilines is 2. The molecular formula is C12H19BrN2. The van der Waals surface area contributed by atoms with Crippen LogP contribution in [0.4, 0.5) is 11.4 Å². The lowest BCUT2D eigenvalue weighted by Crippen LogP contribution is -2.13. The van der Waals surface area contributed by atoms with Gasteiger partial charge in [-0.2, -0.15) is 0 Å². The second-order valence-corrected chi connectivity index (χ2v) is 5.88. The van der Waals surface area contributed by atoms with Crippen molar-refractivity contribution >= 4 is 27.3 Å². The molecule has 0 aliphatic carbocycles. The Labute approximate surface area is 100 Å². The highest BCUT2D eigenvalue weighted by atomic mass is 79.9. The predicted molar refractivity (Wildman–Crippen MR) is 71.1 cm³/mol. The quantitative estimate of drug-likeness (QED) is 0.819. The van der Waals surface area contributed by atoms with Gasteiger partial charge in [0.25, 0.3) is 0 Å². The van der Waals surface area contributed by atoms with Gasteiger partial charge in [-0.1, -0.05) is 36.7 Å². The summed E-state index contributed by atoms with van der Waals surface area (Å²) in [6.07, 6.45) is 1.13. The summed E-state index contributed by atoms with van der Waals surface area (Å²) in [7, 11) is 0. The van der Waals surface area contributed by atoms with Crippen LogP contribution in [-0.2, 0) is 0 Å². The van der Waals surface area contributed by atoms with Crippen LogP contribution in [-0.4, -0.2) is 6.54 Å². The summed E-state index contributed by atoms with van der Waals surface area (Å²) in [6, 6.07) is 5.91. The molecule has 0 aromatic heterocycles. The van der Waals surface area contributed by atoms with Crippen LogP contribution in [0.15, 0.2) is 22.7 Å². The number of hydrogen-bond acceptors (Lipinski definition) is 2. The molecule has 0 saturated carbocycles. The molecule has 0 bridgehead atoms. The fraction of sp³-hybridized carbons (Fsp3) is 0.500. The molecule has 0 heterocycles. The Balaban J connectivity index is 2.51. The van der Waals surface area contributed by atoms with Crippen molar-refractivity contribution < 1.29 is 0 Å². The minimum absolute atomic E-state index is 0.358. The Morgan fingerprint density at radius 3 is 2.53 bits per heavy atom. The largest absolute Gasteiger partial charge is 0.397 e. The molecular weight excluding hydrogens is 252 g/mol. The summed E-state index contributed by atoms with van der Waals surface area (Å²) in [5, 5.41) is 3.35. The molecule has 0 amide bonds. The first-order valence-electron chi connectivity index (χ1n) is 5.17. The SMILES string of the molecule is CC(C)(C)CCNc1ccc(Br)cc1N. The maximum absolute atomic E-state index is 5.88. The molecule has 0 spiro atoms. The van der Waals surface area contributed by atoms with Crippen LogP contribution in [0.25, 0.3) is 0 Å². The van der Waals surface area contributed by atoms with Crippen LogP contribution >= 0.6 is 15.9 Å². The fourth-order valence-electron chi connectivity index (χ4n) is 1.27. The topological polar surface area (TPSA) is 38.0 Å². The van der Waals surface area contributed by atoms with E-state index in [1.165, 1.54) is 0 Å². The van der Waals surface area contributed by atoms with Crippen LogP contribution < -0.4 is 11.1 Å². The molecule has 1 aromatic rings. The minimum atomic E-state index is 0.358. The van der Waals surface area contributed by atoms with Gasteiger partial charge in [-0.05, 0) is 30.0 Å². The van der Waals surface area contributed by atoms with Gasteiger partial charge in [0.05, 0.1) is 11.4 Å². The van der Waals surface area contributed by atoms with Crippen molar-refractivity contribution in [2.45, 2.75) is 27.2 Å². The van der Waals surface area contributed by atoms with Crippen LogP contribution in [0.1, 0.15) is 27.2 Å². The number of halogens is 1. The Hall–Kier alpha value is -0.700. The lowest BCUT2D eigenvalue weighted by Gasteiger charge is -2.19. The summed E-state index contributed by atoms with van der Waals surface area (Å²) in [4.78, 5) is 0. The third-order valence-electron chi connectivity index (χ3n) is 2.20. The molecule has 3 N–H and O–H groups in total. The average Bonchev–Trinajstić information content (AvgIpc) is 2.07. The molecule has 0 saturated heterocycles. The smallest absolute Gasteiger partial charge is 0.0574 e. The van der Waals surface area contributed by atoms with Gasteiger partial charge in [0.15, 0.2) is 0 Å². The van der Waals surface area contributed by atoms with E-state index in [9.17, 15) is 0 Å². The van der Waals surface area contributed by atoms with Crippen molar-refractivity contribution in [1.29, 1.82) is 0 Å². The van der Waals surface area contributed by atoms with E-state index in [0.29, 0.717) is 5.41 Å². The van der Waals surface area contributed by atoms with Gasteiger partial charge in [-0.15, -0.1) is 0 Å². The molecule has 0 unspecified atom stereocenters. The van der Waals surface area contributed by atoms with Crippen LogP contribution in [0.2, 0.25) is 0 Å². The number of rotatable bonds is 3. The molecule has 0 aliphatic rings. The standard InChI is InChI=1S/C12H19BrN2/c1-12(2,3)6-7-15-11-5-4-9(13)8-10(11)14/h4-5,8,15H,6-7,14H2,1-3H3. The first-order chi connectivity index (χ1) is 6.88. The highest BCUT2D eigenvalue weighted by Gasteiger charge is 2.09. The van der Waals surface area contributed by atoms with Crippen LogP contribution in [0.3, 0.4) is 0 Å². The zero-order valence-corrected chi connectivity index (χ0v) is 11.2. The lowest BCUT2D eigenvalue weighted by molar-refractivity contribution is 0.390. The first kappa shape index (κ1) is 12.4. The monoisotopic (exact) mass is 270 g/mol. The summed E-state index contributed by atoms with van der Waals surface area (Å²) in [5.74, 6) is 0. The van der Waals surface area contributed by atoms with E-state index in [1.807, 2.05) is 18.2 Å². The Morgan fingerprint density at radius 2 is 2.00 bits per heavy atom. The van der Waals surface area contributed by atoms with Crippen molar-refractivity contribution in [1.82, 2.24) is 0 Å².